The molecule has 0 radical (unpaired) electrons. The molecule has 2 aromatic rings. The Balaban J connectivity index is 1.44. The third-order valence-corrected chi connectivity index (χ3v) is 5.91. The Hall–Kier alpha value is -1.85. The highest BCUT2D eigenvalue weighted by Crippen LogP contribution is 2.39. The van der Waals surface area contributed by atoms with Crippen LogP contribution in [0.5, 0.6) is 0 Å². The maximum absolute atomic E-state index is 12.2. The largest absolute Gasteiger partial charge is 0.460 e. The number of hydrogen-bond donors (Lipinski definition) is 0. The predicted molar refractivity (Wildman–Crippen MR) is 101 cm³/mol. The minimum Gasteiger partial charge on any atom is -0.460 e. The van der Waals surface area contributed by atoms with Crippen LogP contribution in [0.3, 0.4) is 0 Å². The summed E-state index contributed by atoms with van der Waals surface area (Å²) >= 11 is 0. The normalized spacial score (nSPS) is 24.7. The lowest BCUT2D eigenvalue weighted by Gasteiger charge is -2.48. The summed E-state index contributed by atoms with van der Waals surface area (Å²) in [6.45, 7) is 5.19. The molecule has 5 nitrogen and oxygen atoms in total. The number of benzene rings is 1. The number of furan rings is 1. The third kappa shape index (κ3) is 3.64. The standard InChI is InChI=1S/C21H28N2O3/c1-25-12-11-23-16-21(9-7-20(23)24)8-4-10-22(15-21)14-18-13-17-5-2-3-6-19(17)26-18/h2-3,5-6,13H,4,7-12,14-16H2,1H3/t21-/m0/s1. The van der Waals surface area contributed by atoms with Crippen molar-refractivity contribution < 1.29 is 13.9 Å². The van der Waals surface area contributed by atoms with E-state index in [4.69, 9.17) is 9.15 Å². The van der Waals surface area contributed by atoms with Gasteiger partial charge in [0.05, 0.1) is 13.2 Å². The topological polar surface area (TPSA) is 45.9 Å². The zero-order valence-corrected chi connectivity index (χ0v) is 15.6. The van der Waals surface area contributed by atoms with Crippen LogP contribution >= 0.6 is 0 Å². The van der Waals surface area contributed by atoms with Gasteiger partial charge in [-0.25, -0.2) is 0 Å². The lowest BCUT2D eigenvalue weighted by molar-refractivity contribution is -0.140. The number of carbonyl (C=O) groups excluding carboxylic acids is 1. The minimum absolute atomic E-state index is 0.228. The molecule has 0 unspecified atom stereocenters. The number of methoxy groups -OCH3 is 1. The summed E-state index contributed by atoms with van der Waals surface area (Å²) in [5.74, 6) is 1.31. The van der Waals surface area contributed by atoms with Gasteiger partial charge in [-0.2, -0.15) is 0 Å². The maximum Gasteiger partial charge on any atom is 0.222 e. The van der Waals surface area contributed by atoms with E-state index in [1.807, 2.05) is 23.1 Å². The maximum atomic E-state index is 12.2. The lowest BCUT2D eigenvalue weighted by atomic mass is 9.73. The molecule has 4 rings (SSSR count). The minimum atomic E-state index is 0.228. The number of piperidine rings is 2. The molecule has 1 spiro atoms. The highest BCUT2D eigenvalue weighted by atomic mass is 16.5. The van der Waals surface area contributed by atoms with E-state index in [1.165, 1.54) is 18.2 Å². The molecule has 0 N–H and O–H groups in total. The molecule has 0 saturated carbocycles. The van der Waals surface area contributed by atoms with Crippen molar-refractivity contribution in [2.24, 2.45) is 5.41 Å². The summed E-state index contributed by atoms with van der Waals surface area (Å²) in [7, 11) is 1.69. The SMILES string of the molecule is COCCN1C[C@@]2(CCCN(Cc3cc4ccccc4o3)C2)CCC1=O. The Morgan fingerprint density at radius 2 is 2.12 bits per heavy atom. The Bertz CT molecular complexity index is 738. The fourth-order valence-electron chi connectivity index (χ4n) is 4.62. The first-order valence-corrected chi connectivity index (χ1v) is 9.64. The number of amides is 1. The molecule has 0 aliphatic carbocycles. The van der Waals surface area contributed by atoms with Crippen molar-refractivity contribution in [1.82, 2.24) is 9.80 Å². The first-order chi connectivity index (χ1) is 12.7. The number of ether oxygens (including phenoxy) is 1. The molecule has 26 heavy (non-hydrogen) atoms. The van der Waals surface area contributed by atoms with Gasteiger partial charge < -0.3 is 14.1 Å². The number of fused-ring (bicyclic) bond motifs is 1. The molecule has 5 heteroatoms. The Morgan fingerprint density at radius 1 is 1.23 bits per heavy atom. The monoisotopic (exact) mass is 356 g/mol. The van der Waals surface area contributed by atoms with Crippen molar-refractivity contribution >= 4 is 16.9 Å². The van der Waals surface area contributed by atoms with Crippen LogP contribution in [-0.2, 0) is 16.1 Å². The number of para-hydroxylation sites is 1. The van der Waals surface area contributed by atoms with Crippen LogP contribution < -0.4 is 0 Å². The fourth-order valence-corrected chi connectivity index (χ4v) is 4.62. The lowest BCUT2D eigenvalue weighted by Crippen LogP contribution is -2.54. The number of likely N-dealkylation sites (tertiary alicyclic amines) is 2. The van der Waals surface area contributed by atoms with Gasteiger partial charge in [-0.3, -0.25) is 9.69 Å². The second-order valence-corrected chi connectivity index (χ2v) is 7.87. The van der Waals surface area contributed by atoms with E-state index in [9.17, 15) is 4.79 Å². The number of rotatable bonds is 5. The van der Waals surface area contributed by atoms with Crippen LogP contribution in [0.2, 0.25) is 0 Å². The van der Waals surface area contributed by atoms with Gasteiger partial charge in [-0.05, 0) is 37.9 Å². The summed E-state index contributed by atoms with van der Waals surface area (Å²) in [4.78, 5) is 16.8. The summed E-state index contributed by atoms with van der Waals surface area (Å²) in [5, 5.41) is 1.17. The molecule has 2 aliphatic heterocycles. The second-order valence-electron chi connectivity index (χ2n) is 7.87. The molecule has 1 aromatic heterocycles. The molecule has 1 amide bonds. The molecule has 0 bridgehead atoms. The Morgan fingerprint density at radius 3 is 2.96 bits per heavy atom. The van der Waals surface area contributed by atoms with Gasteiger partial charge in [-0.15, -0.1) is 0 Å². The second kappa shape index (κ2) is 7.41. The van der Waals surface area contributed by atoms with Crippen molar-refractivity contribution in [3.63, 3.8) is 0 Å². The zero-order valence-electron chi connectivity index (χ0n) is 15.6. The van der Waals surface area contributed by atoms with E-state index in [2.05, 4.69) is 17.0 Å². The molecule has 2 aliphatic rings. The van der Waals surface area contributed by atoms with Crippen LogP contribution in [0.4, 0.5) is 0 Å². The van der Waals surface area contributed by atoms with Crippen LogP contribution in [0, 0.1) is 5.41 Å². The average molecular weight is 356 g/mol. The van der Waals surface area contributed by atoms with E-state index >= 15 is 0 Å². The Labute approximate surface area is 154 Å². The third-order valence-electron chi connectivity index (χ3n) is 5.91. The summed E-state index contributed by atoms with van der Waals surface area (Å²) in [6.07, 6.45) is 4.07. The quantitative estimate of drug-likeness (QED) is 0.825. The van der Waals surface area contributed by atoms with E-state index in [-0.39, 0.29) is 11.3 Å². The van der Waals surface area contributed by atoms with Crippen molar-refractivity contribution in [3.8, 4) is 0 Å². The van der Waals surface area contributed by atoms with Gasteiger partial charge in [-0.1, -0.05) is 18.2 Å². The highest BCUT2D eigenvalue weighted by Gasteiger charge is 2.41. The van der Waals surface area contributed by atoms with E-state index in [0.717, 1.165) is 43.9 Å². The number of hydrogen-bond acceptors (Lipinski definition) is 4. The van der Waals surface area contributed by atoms with Crippen molar-refractivity contribution in [1.29, 1.82) is 0 Å². The highest BCUT2D eigenvalue weighted by molar-refractivity contribution is 5.78. The van der Waals surface area contributed by atoms with E-state index < -0.39 is 0 Å². The van der Waals surface area contributed by atoms with Gasteiger partial charge in [0.1, 0.15) is 11.3 Å². The molecule has 3 heterocycles. The Kier molecular flexibility index (Phi) is 5.00. The first kappa shape index (κ1) is 17.6. The molecule has 1 atom stereocenters. The number of nitrogens with zero attached hydrogens (tertiary/aromatic N) is 2. The predicted octanol–water partition coefficient (Wildman–Crippen LogP) is 3.28. The van der Waals surface area contributed by atoms with Gasteiger partial charge in [0.25, 0.3) is 0 Å². The first-order valence-electron chi connectivity index (χ1n) is 9.64. The van der Waals surface area contributed by atoms with Crippen molar-refractivity contribution in [2.45, 2.75) is 32.2 Å². The van der Waals surface area contributed by atoms with Crippen LogP contribution in [0.25, 0.3) is 11.0 Å². The fraction of sp³-hybridized carbons (Fsp3) is 0.571. The van der Waals surface area contributed by atoms with Crippen LogP contribution in [0.15, 0.2) is 34.7 Å². The van der Waals surface area contributed by atoms with Crippen LogP contribution in [0.1, 0.15) is 31.4 Å². The molecular weight excluding hydrogens is 328 g/mol. The summed E-state index contributed by atoms with van der Waals surface area (Å²) in [5.41, 5.74) is 1.19. The molecule has 140 valence electrons. The molecule has 2 saturated heterocycles. The molecule has 2 fully saturated rings. The smallest absolute Gasteiger partial charge is 0.222 e. The molecular formula is C21H28N2O3. The van der Waals surface area contributed by atoms with Gasteiger partial charge in [0, 0.05) is 44.0 Å². The van der Waals surface area contributed by atoms with Gasteiger partial charge in [0.2, 0.25) is 5.91 Å². The van der Waals surface area contributed by atoms with Crippen LogP contribution in [-0.4, -0.2) is 55.6 Å². The van der Waals surface area contributed by atoms with Gasteiger partial charge >= 0.3 is 0 Å². The molecule has 1 aromatic carbocycles. The van der Waals surface area contributed by atoms with Crippen molar-refractivity contribution in [3.05, 3.63) is 36.1 Å². The van der Waals surface area contributed by atoms with E-state index in [0.29, 0.717) is 19.6 Å². The average Bonchev–Trinajstić information content (AvgIpc) is 3.05. The summed E-state index contributed by atoms with van der Waals surface area (Å²) < 4.78 is 11.2. The number of carbonyl (C=O) groups is 1. The van der Waals surface area contributed by atoms with Gasteiger partial charge in [0.15, 0.2) is 0 Å². The van der Waals surface area contributed by atoms with Crippen molar-refractivity contribution in [2.75, 3.05) is 39.9 Å². The zero-order chi connectivity index (χ0) is 18.0. The van der Waals surface area contributed by atoms with E-state index in [1.54, 1.807) is 7.11 Å². The summed E-state index contributed by atoms with van der Waals surface area (Å²) in [6, 6.07) is 10.3.